The number of likely N-dealkylation sites (tertiary alicyclic amines) is 1. The number of hydrogen-bond donors (Lipinski definition) is 0. The Morgan fingerprint density at radius 1 is 1.07 bits per heavy atom. The van der Waals surface area contributed by atoms with E-state index in [1.165, 1.54) is 37.9 Å². The van der Waals surface area contributed by atoms with Crippen molar-refractivity contribution in [2.24, 2.45) is 0 Å². The molecule has 15 heavy (non-hydrogen) atoms. The van der Waals surface area contributed by atoms with E-state index in [0.717, 1.165) is 18.0 Å². The molecule has 1 nitrogen and oxygen atoms in total. The van der Waals surface area contributed by atoms with Crippen LogP contribution in [-0.2, 0) is 6.42 Å². The smallest absolute Gasteiger partial charge is 0.0438 e. The van der Waals surface area contributed by atoms with Gasteiger partial charge in [0.1, 0.15) is 0 Å². The quantitative estimate of drug-likeness (QED) is 0.760. The molecular weight excluding hydrogens is 206 g/mol. The fourth-order valence-corrected chi connectivity index (χ4v) is 2.39. The molecule has 0 aromatic heterocycles. The lowest BCUT2D eigenvalue weighted by molar-refractivity contribution is 0.231. The van der Waals surface area contributed by atoms with Gasteiger partial charge in [0.25, 0.3) is 0 Å². The zero-order chi connectivity index (χ0) is 10.5. The van der Waals surface area contributed by atoms with E-state index in [1.54, 1.807) is 0 Å². The summed E-state index contributed by atoms with van der Waals surface area (Å²) >= 11 is 6.12. The Bertz CT molecular complexity index is 305. The highest BCUT2D eigenvalue weighted by atomic mass is 35.5. The van der Waals surface area contributed by atoms with Crippen LogP contribution < -0.4 is 0 Å². The van der Waals surface area contributed by atoms with E-state index in [1.807, 2.05) is 12.1 Å². The number of hydrogen-bond acceptors (Lipinski definition) is 1. The van der Waals surface area contributed by atoms with Gasteiger partial charge in [-0.2, -0.15) is 0 Å². The van der Waals surface area contributed by atoms with Gasteiger partial charge in [-0.1, -0.05) is 36.2 Å². The summed E-state index contributed by atoms with van der Waals surface area (Å²) in [5.41, 5.74) is 1.28. The van der Waals surface area contributed by atoms with Gasteiger partial charge in [0.15, 0.2) is 0 Å². The van der Waals surface area contributed by atoms with Crippen molar-refractivity contribution in [2.45, 2.75) is 25.7 Å². The van der Waals surface area contributed by atoms with Crippen molar-refractivity contribution >= 4 is 11.6 Å². The number of benzene rings is 1. The van der Waals surface area contributed by atoms with Crippen LogP contribution in [0.1, 0.15) is 24.8 Å². The van der Waals surface area contributed by atoms with Gasteiger partial charge in [0.05, 0.1) is 0 Å². The van der Waals surface area contributed by atoms with Crippen LogP contribution in [0.5, 0.6) is 0 Å². The molecule has 0 bridgehead atoms. The first kappa shape index (κ1) is 11.0. The highest BCUT2D eigenvalue weighted by molar-refractivity contribution is 6.31. The molecule has 0 aliphatic carbocycles. The zero-order valence-corrected chi connectivity index (χ0v) is 9.84. The molecule has 0 N–H and O–H groups in total. The molecule has 0 radical (unpaired) electrons. The Balaban J connectivity index is 1.84. The van der Waals surface area contributed by atoms with Crippen molar-refractivity contribution < 1.29 is 0 Å². The fraction of sp³-hybridized carbons (Fsp3) is 0.538. The van der Waals surface area contributed by atoms with E-state index in [2.05, 4.69) is 17.0 Å². The molecule has 1 saturated heterocycles. The molecule has 2 heteroatoms. The Morgan fingerprint density at radius 2 is 1.80 bits per heavy atom. The third-order valence-electron chi connectivity index (χ3n) is 3.10. The van der Waals surface area contributed by atoms with E-state index in [0.29, 0.717) is 0 Å². The van der Waals surface area contributed by atoms with Crippen LogP contribution in [0.3, 0.4) is 0 Å². The van der Waals surface area contributed by atoms with Crippen LogP contribution in [0.25, 0.3) is 0 Å². The molecule has 1 heterocycles. The number of rotatable bonds is 3. The monoisotopic (exact) mass is 223 g/mol. The second-order valence-electron chi connectivity index (χ2n) is 4.24. The van der Waals surface area contributed by atoms with Gasteiger partial charge in [-0.3, -0.25) is 0 Å². The number of nitrogens with zero attached hydrogens (tertiary/aromatic N) is 1. The summed E-state index contributed by atoms with van der Waals surface area (Å²) in [5, 5.41) is 0.912. The van der Waals surface area contributed by atoms with Crippen LogP contribution in [0.15, 0.2) is 24.3 Å². The van der Waals surface area contributed by atoms with Gasteiger partial charge < -0.3 is 4.90 Å². The molecule has 1 fully saturated rings. The summed E-state index contributed by atoms with van der Waals surface area (Å²) in [6.07, 6.45) is 5.22. The molecule has 1 aliphatic rings. The van der Waals surface area contributed by atoms with Gasteiger partial charge in [0.2, 0.25) is 0 Å². The second-order valence-corrected chi connectivity index (χ2v) is 4.65. The van der Waals surface area contributed by atoms with E-state index >= 15 is 0 Å². The maximum Gasteiger partial charge on any atom is 0.0438 e. The van der Waals surface area contributed by atoms with Crippen molar-refractivity contribution in [2.75, 3.05) is 19.6 Å². The van der Waals surface area contributed by atoms with Gasteiger partial charge in [0, 0.05) is 11.6 Å². The minimum Gasteiger partial charge on any atom is -0.303 e. The van der Waals surface area contributed by atoms with Crippen molar-refractivity contribution in [3.05, 3.63) is 34.9 Å². The fourth-order valence-electron chi connectivity index (χ4n) is 2.16. The average Bonchev–Trinajstić information content (AvgIpc) is 2.29. The van der Waals surface area contributed by atoms with Gasteiger partial charge in [-0.05, 0) is 44.0 Å². The zero-order valence-electron chi connectivity index (χ0n) is 9.08. The summed E-state index contributed by atoms with van der Waals surface area (Å²) in [6.45, 7) is 3.69. The minimum atomic E-state index is 0.912. The lowest BCUT2D eigenvalue weighted by atomic mass is 10.1. The van der Waals surface area contributed by atoms with Crippen molar-refractivity contribution in [1.82, 2.24) is 4.90 Å². The average molecular weight is 224 g/mol. The van der Waals surface area contributed by atoms with Gasteiger partial charge >= 0.3 is 0 Å². The molecule has 1 aromatic rings. The highest BCUT2D eigenvalue weighted by Gasteiger charge is 2.10. The summed E-state index contributed by atoms with van der Waals surface area (Å²) in [6, 6.07) is 8.17. The van der Waals surface area contributed by atoms with Crippen LogP contribution in [0.4, 0.5) is 0 Å². The highest BCUT2D eigenvalue weighted by Crippen LogP contribution is 2.16. The first-order valence-electron chi connectivity index (χ1n) is 5.82. The number of piperidine rings is 1. The van der Waals surface area contributed by atoms with Crippen LogP contribution >= 0.6 is 11.6 Å². The first-order valence-corrected chi connectivity index (χ1v) is 6.20. The first-order chi connectivity index (χ1) is 7.36. The standard InChI is InChI=1S/C13H18ClN/c14-13-7-3-2-6-12(13)8-11-15-9-4-1-5-10-15/h2-3,6-7H,1,4-5,8-11H2. The topological polar surface area (TPSA) is 3.24 Å². The summed E-state index contributed by atoms with van der Waals surface area (Å²) in [4.78, 5) is 2.55. The Morgan fingerprint density at radius 3 is 2.53 bits per heavy atom. The molecule has 0 unspecified atom stereocenters. The summed E-state index contributed by atoms with van der Waals surface area (Å²) < 4.78 is 0. The van der Waals surface area contributed by atoms with Crippen molar-refractivity contribution in [1.29, 1.82) is 0 Å². The molecule has 0 spiro atoms. The third-order valence-corrected chi connectivity index (χ3v) is 3.47. The summed E-state index contributed by atoms with van der Waals surface area (Å²) in [7, 11) is 0. The molecule has 82 valence electrons. The number of halogens is 1. The van der Waals surface area contributed by atoms with Crippen molar-refractivity contribution in [3.8, 4) is 0 Å². The molecule has 0 atom stereocenters. The second kappa shape index (κ2) is 5.53. The maximum absolute atomic E-state index is 6.12. The third kappa shape index (κ3) is 3.22. The van der Waals surface area contributed by atoms with Crippen LogP contribution in [-0.4, -0.2) is 24.5 Å². The largest absolute Gasteiger partial charge is 0.303 e. The lowest BCUT2D eigenvalue weighted by Crippen LogP contribution is -2.31. The Labute approximate surface area is 97.0 Å². The predicted octanol–water partition coefficient (Wildman–Crippen LogP) is 3.37. The summed E-state index contributed by atoms with van der Waals surface area (Å²) in [5.74, 6) is 0. The van der Waals surface area contributed by atoms with Crippen LogP contribution in [0.2, 0.25) is 5.02 Å². The van der Waals surface area contributed by atoms with Crippen molar-refractivity contribution in [3.63, 3.8) is 0 Å². The molecule has 2 rings (SSSR count). The molecule has 1 aliphatic heterocycles. The molecule has 0 amide bonds. The van der Waals surface area contributed by atoms with Gasteiger partial charge in [-0.15, -0.1) is 0 Å². The minimum absolute atomic E-state index is 0.912. The molecular formula is C13H18ClN. The molecule has 0 saturated carbocycles. The lowest BCUT2D eigenvalue weighted by Gasteiger charge is -2.26. The van der Waals surface area contributed by atoms with E-state index < -0.39 is 0 Å². The van der Waals surface area contributed by atoms with Crippen LogP contribution in [0, 0.1) is 0 Å². The van der Waals surface area contributed by atoms with E-state index in [9.17, 15) is 0 Å². The van der Waals surface area contributed by atoms with Gasteiger partial charge in [-0.25, -0.2) is 0 Å². The Kier molecular flexibility index (Phi) is 4.04. The van der Waals surface area contributed by atoms with E-state index in [-0.39, 0.29) is 0 Å². The SMILES string of the molecule is Clc1ccccc1CCN1CCCCC1. The Hall–Kier alpha value is -0.530. The maximum atomic E-state index is 6.12. The molecule has 1 aromatic carbocycles. The predicted molar refractivity (Wildman–Crippen MR) is 65.4 cm³/mol. The van der Waals surface area contributed by atoms with E-state index in [4.69, 9.17) is 11.6 Å². The normalized spacial score (nSPS) is 17.9.